The van der Waals surface area contributed by atoms with Gasteiger partial charge in [-0.2, -0.15) is 0 Å². The molecule has 7 heteroatoms. The second kappa shape index (κ2) is 9.02. The van der Waals surface area contributed by atoms with E-state index in [1.807, 2.05) is 30.6 Å². The standard InChI is InChI=1S/C13H26N4O2.ClH/c1-4-15(5-2)13(19)17-8-6-16(7-9-17)12(18)11(3)10-14;/h11H,4-10,14H2,1-3H3;1H. The molecule has 0 aromatic heterocycles. The van der Waals surface area contributed by atoms with Crippen molar-refractivity contribution in [3.63, 3.8) is 0 Å². The van der Waals surface area contributed by atoms with Gasteiger partial charge in [-0.25, -0.2) is 4.79 Å². The Bertz CT molecular complexity index is 315. The number of nitrogens with two attached hydrogens (primary N) is 1. The van der Waals surface area contributed by atoms with E-state index >= 15 is 0 Å². The molecule has 1 aliphatic heterocycles. The summed E-state index contributed by atoms with van der Waals surface area (Å²) in [7, 11) is 0. The van der Waals surface area contributed by atoms with Crippen LogP contribution < -0.4 is 5.73 Å². The van der Waals surface area contributed by atoms with Gasteiger partial charge in [-0.1, -0.05) is 6.92 Å². The molecular weight excluding hydrogens is 280 g/mol. The number of hydrogen-bond acceptors (Lipinski definition) is 3. The van der Waals surface area contributed by atoms with Crippen molar-refractivity contribution in [1.29, 1.82) is 0 Å². The fourth-order valence-corrected chi connectivity index (χ4v) is 2.22. The van der Waals surface area contributed by atoms with Crippen molar-refractivity contribution in [3.05, 3.63) is 0 Å². The maximum Gasteiger partial charge on any atom is 0.320 e. The van der Waals surface area contributed by atoms with E-state index in [-0.39, 0.29) is 30.3 Å². The summed E-state index contributed by atoms with van der Waals surface area (Å²) < 4.78 is 0. The predicted octanol–water partition coefficient (Wildman–Crippen LogP) is 0.609. The Labute approximate surface area is 127 Å². The number of piperazine rings is 1. The lowest BCUT2D eigenvalue weighted by molar-refractivity contribution is -0.136. The summed E-state index contributed by atoms with van der Waals surface area (Å²) in [6.45, 7) is 10.0. The van der Waals surface area contributed by atoms with Crippen LogP contribution in [0.15, 0.2) is 0 Å². The van der Waals surface area contributed by atoms with Crippen LogP contribution in [0.3, 0.4) is 0 Å². The van der Waals surface area contributed by atoms with Crippen LogP contribution in [0.4, 0.5) is 4.79 Å². The van der Waals surface area contributed by atoms with E-state index in [0.717, 1.165) is 13.1 Å². The van der Waals surface area contributed by atoms with Crippen LogP contribution in [0.5, 0.6) is 0 Å². The van der Waals surface area contributed by atoms with Crippen LogP contribution in [0, 0.1) is 5.92 Å². The highest BCUT2D eigenvalue weighted by Gasteiger charge is 2.27. The first kappa shape index (κ1) is 19.0. The third-order valence-electron chi connectivity index (χ3n) is 3.67. The average Bonchev–Trinajstić information content (AvgIpc) is 2.47. The molecule has 0 aromatic rings. The third-order valence-corrected chi connectivity index (χ3v) is 3.67. The van der Waals surface area contributed by atoms with Crippen molar-refractivity contribution in [3.8, 4) is 0 Å². The number of rotatable bonds is 4. The van der Waals surface area contributed by atoms with E-state index in [9.17, 15) is 9.59 Å². The molecule has 2 N–H and O–H groups in total. The summed E-state index contributed by atoms with van der Waals surface area (Å²) in [6, 6.07) is 0.0731. The van der Waals surface area contributed by atoms with Gasteiger partial charge in [0.15, 0.2) is 0 Å². The van der Waals surface area contributed by atoms with Gasteiger partial charge in [0, 0.05) is 51.7 Å². The first-order chi connectivity index (χ1) is 9.04. The highest BCUT2D eigenvalue weighted by atomic mass is 35.5. The molecule has 6 nitrogen and oxygen atoms in total. The van der Waals surface area contributed by atoms with Crippen molar-refractivity contribution >= 4 is 24.3 Å². The normalized spacial score (nSPS) is 16.4. The van der Waals surface area contributed by atoms with Gasteiger partial charge in [-0.05, 0) is 13.8 Å². The molecule has 0 aromatic carbocycles. The lowest BCUT2D eigenvalue weighted by Gasteiger charge is -2.37. The molecule has 1 unspecified atom stereocenters. The van der Waals surface area contributed by atoms with Gasteiger partial charge in [0.05, 0.1) is 0 Å². The van der Waals surface area contributed by atoms with Crippen LogP contribution in [0.2, 0.25) is 0 Å². The Morgan fingerprint density at radius 3 is 1.95 bits per heavy atom. The van der Waals surface area contributed by atoms with Crippen LogP contribution in [-0.2, 0) is 4.79 Å². The number of nitrogens with zero attached hydrogens (tertiary/aromatic N) is 3. The number of carbonyl (C=O) groups excluding carboxylic acids is 2. The highest BCUT2D eigenvalue weighted by Crippen LogP contribution is 2.09. The Kier molecular flexibility index (Phi) is 8.57. The highest BCUT2D eigenvalue weighted by molar-refractivity contribution is 5.85. The van der Waals surface area contributed by atoms with Crippen molar-refractivity contribution in [2.24, 2.45) is 11.7 Å². The van der Waals surface area contributed by atoms with Crippen molar-refractivity contribution in [2.45, 2.75) is 20.8 Å². The molecule has 1 aliphatic rings. The van der Waals surface area contributed by atoms with E-state index in [4.69, 9.17) is 5.73 Å². The Morgan fingerprint density at radius 2 is 1.55 bits per heavy atom. The lowest BCUT2D eigenvalue weighted by atomic mass is 10.1. The smallest absolute Gasteiger partial charge is 0.320 e. The number of urea groups is 1. The van der Waals surface area contributed by atoms with Gasteiger partial charge in [0.2, 0.25) is 5.91 Å². The summed E-state index contributed by atoms with van der Waals surface area (Å²) in [5, 5.41) is 0. The first-order valence-electron chi connectivity index (χ1n) is 7.07. The van der Waals surface area contributed by atoms with Gasteiger partial charge in [0.1, 0.15) is 0 Å². The van der Waals surface area contributed by atoms with Crippen molar-refractivity contribution in [2.75, 3.05) is 45.8 Å². The molecule has 1 rings (SSSR count). The summed E-state index contributed by atoms with van der Waals surface area (Å²) in [4.78, 5) is 29.6. The fourth-order valence-electron chi connectivity index (χ4n) is 2.22. The molecule has 0 saturated carbocycles. The number of hydrogen-bond donors (Lipinski definition) is 1. The van der Waals surface area contributed by atoms with Gasteiger partial charge in [0.25, 0.3) is 0 Å². The first-order valence-corrected chi connectivity index (χ1v) is 7.07. The zero-order chi connectivity index (χ0) is 14.4. The summed E-state index contributed by atoms with van der Waals surface area (Å²) in [5.74, 6) is -0.0394. The van der Waals surface area contributed by atoms with Crippen LogP contribution in [0.25, 0.3) is 0 Å². The quantitative estimate of drug-likeness (QED) is 0.827. The zero-order valence-electron chi connectivity index (χ0n) is 12.7. The molecule has 0 radical (unpaired) electrons. The van der Waals surface area contributed by atoms with E-state index < -0.39 is 0 Å². The molecular formula is C13H27ClN4O2. The average molecular weight is 307 g/mol. The van der Waals surface area contributed by atoms with E-state index in [0.29, 0.717) is 32.7 Å². The summed E-state index contributed by atoms with van der Waals surface area (Å²) >= 11 is 0. The predicted molar refractivity (Wildman–Crippen MR) is 81.9 cm³/mol. The zero-order valence-corrected chi connectivity index (χ0v) is 13.5. The number of carbonyl (C=O) groups is 2. The van der Waals surface area contributed by atoms with Gasteiger partial charge >= 0.3 is 6.03 Å². The molecule has 3 amide bonds. The Balaban J connectivity index is 0.00000361. The van der Waals surface area contributed by atoms with Crippen molar-refractivity contribution in [1.82, 2.24) is 14.7 Å². The van der Waals surface area contributed by atoms with Crippen molar-refractivity contribution < 1.29 is 9.59 Å². The molecule has 1 saturated heterocycles. The minimum absolute atomic E-state index is 0. The van der Waals surface area contributed by atoms with E-state index in [2.05, 4.69) is 0 Å². The summed E-state index contributed by atoms with van der Waals surface area (Å²) in [5.41, 5.74) is 5.51. The molecule has 0 aliphatic carbocycles. The minimum Gasteiger partial charge on any atom is -0.339 e. The van der Waals surface area contributed by atoms with Gasteiger partial charge in [-0.15, -0.1) is 12.4 Å². The molecule has 0 bridgehead atoms. The molecule has 1 heterocycles. The SMILES string of the molecule is CCN(CC)C(=O)N1CCN(C(=O)C(C)CN)CC1.Cl. The topological polar surface area (TPSA) is 69.9 Å². The molecule has 1 atom stereocenters. The molecule has 20 heavy (non-hydrogen) atoms. The minimum atomic E-state index is -0.134. The van der Waals surface area contributed by atoms with Gasteiger partial charge < -0.3 is 20.4 Å². The van der Waals surface area contributed by atoms with E-state index in [1.54, 1.807) is 4.90 Å². The number of amides is 3. The second-order valence-electron chi connectivity index (χ2n) is 4.90. The van der Waals surface area contributed by atoms with Crippen LogP contribution >= 0.6 is 12.4 Å². The molecule has 0 spiro atoms. The monoisotopic (exact) mass is 306 g/mol. The van der Waals surface area contributed by atoms with Gasteiger partial charge in [-0.3, -0.25) is 4.79 Å². The number of halogens is 1. The fraction of sp³-hybridized carbons (Fsp3) is 0.846. The van der Waals surface area contributed by atoms with Crippen LogP contribution in [-0.4, -0.2) is 72.5 Å². The van der Waals surface area contributed by atoms with E-state index in [1.165, 1.54) is 0 Å². The molecule has 118 valence electrons. The Morgan fingerprint density at radius 1 is 1.10 bits per heavy atom. The summed E-state index contributed by atoms with van der Waals surface area (Å²) in [6.07, 6.45) is 0. The van der Waals surface area contributed by atoms with Crippen LogP contribution in [0.1, 0.15) is 20.8 Å². The third kappa shape index (κ3) is 4.52. The Hall–Kier alpha value is -1.01. The second-order valence-corrected chi connectivity index (χ2v) is 4.90. The molecule has 1 fully saturated rings. The maximum absolute atomic E-state index is 12.2. The largest absolute Gasteiger partial charge is 0.339 e. The maximum atomic E-state index is 12.2. The lowest BCUT2D eigenvalue weighted by Crippen LogP contribution is -2.55.